The third-order valence-corrected chi connectivity index (χ3v) is 4.56. The fraction of sp³-hybridized carbons (Fsp3) is 0.267. The van der Waals surface area contributed by atoms with Crippen LogP contribution in [-0.4, -0.2) is 34.1 Å². The molecule has 0 N–H and O–H groups in total. The highest BCUT2D eigenvalue weighted by molar-refractivity contribution is 7.16. The lowest BCUT2D eigenvalue weighted by molar-refractivity contribution is 0.111. The van der Waals surface area contributed by atoms with E-state index in [0.717, 1.165) is 34.0 Å². The molecule has 0 unspecified atom stereocenters. The van der Waals surface area contributed by atoms with Crippen molar-refractivity contribution < 1.29 is 14.3 Å². The molecular weight excluding hydrogens is 302 g/mol. The lowest BCUT2D eigenvalue weighted by atomic mass is 10.1. The summed E-state index contributed by atoms with van der Waals surface area (Å²) < 4.78 is 12.7. The van der Waals surface area contributed by atoms with E-state index in [1.165, 1.54) is 11.3 Å². The first-order chi connectivity index (χ1) is 10.8. The van der Waals surface area contributed by atoms with Gasteiger partial charge >= 0.3 is 0 Å². The van der Waals surface area contributed by atoms with Crippen LogP contribution in [0.3, 0.4) is 0 Å². The number of rotatable bonds is 3. The molecule has 3 aromatic rings. The molecule has 0 amide bonds. The predicted molar refractivity (Wildman–Crippen MR) is 82.1 cm³/mol. The molecule has 1 aromatic carbocycles. The van der Waals surface area contributed by atoms with E-state index >= 15 is 0 Å². The van der Waals surface area contributed by atoms with Gasteiger partial charge in [0, 0.05) is 5.56 Å². The number of carbonyl (C=O) groups excluding carboxylic acids is 1. The average molecular weight is 315 g/mol. The molecule has 6 nitrogen and oxygen atoms in total. The molecule has 0 saturated carbocycles. The van der Waals surface area contributed by atoms with Gasteiger partial charge in [-0.25, -0.2) is 4.98 Å². The summed E-state index contributed by atoms with van der Waals surface area (Å²) in [5, 5.41) is 5.38. The lowest BCUT2D eigenvalue weighted by Crippen LogP contribution is -2.15. The van der Waals surface area contributed by atoms with Crippen LogP contribution in [0.4, 0.5) is 0 Å². The molecule has 0 atom stereocenters. The van der Waals surface area contributed by atoms with Crippen molar-refractivity contribution in [2.45, 2.75) is 13.3 Å². The van der Waals surface area contributed by atoms with Crippen LogP contribution >= 0.6 is 11.3 Å². The van der Waals surface area contributed by atoms with Crippen molar-refractivity contribution in [2.75, 3.05) is 13.2 Å². The first kappa shape index (κ1) is 13.3. The fourth-order valence-electron chi connectivity index (χ4n) is 2.46. The first-order valence-electron chi connectivity index (χ1n) is 7.03. The standard InChI is InChI=1S/C15H13N3O3S/c1-2-13-17-18-10(8-19)14(16-15(18)22-13)9-3-4-11-12(7-9)21-6-5-20-11/h3-4,7-8H,2,5-6H2,1H3. The molecule has 0 bridgehead atoms. The maximum absolute atomic E-state index is 11.5. The number of aromatic nitrogens is 3. The van der Waals surface area contributed by atoms with Crippen molar-refractivity contribution in [1.29, 1.82) is 0 Å². The number of carbonyl (C=O) groups is 1. The van der Waals surface area contributed by atoms with Crippen molar-refractivity contribution in [3.8, 4) is 22.8 Å². The fourth-order valence-corrected chi connectivity index (χ4v) is 3.30. The summed E-state index contributed by atoms with van der Waals surface area (Å²) in [5.41, 5.74) is 1.90. The van der Waals surface area contributed by atoms with Crippen molar-refractivity contribution in [3.05, 3.63) is 28.9 Å². The molecule has 22 heavy (non-hydrogen) atoms. The Morgan fingerprint density at radius 1 is 1.32 bits per heavy atom. The topological polar surface area (TPSA) is 65.7 Å². The number of aldehydes is 1. The summed E-state index contributed by atoms with van der Waals surface area (Å²) in [5.74, 6) is 1.40. The molecule has 0 aliphatic carbocycles. The second-order valence-corrected chi connectivity index (χ2v) is 5.91. The van der Waals surface area contributed by atoms with Crippen molar-refractivity contribution >= 4 is 22.6 Å². The average Bonchev–Trinajstić information content (AvgIpc) is 3.11. The van der Waals surface area contributed by atoms with E-state index in [0.29, 0.717) is 30.4 Å². The Morgan fingerprint density at radius 3 is 2.91 bits per heavy atom. The van der Waals surface area contributed by atoms with Gasteiger partial charge in [-0.2, -0.15) is 9.61 Å². The minimum absolute atomic E-state index is 0.461. The molecule has 0 fully saturated rings. The van der Waals surface area contributed by atoms with Crippen LogP contribution in [0.15, 0.2) is 18.2 Å². The lowest BCUT2D eigenvalue weighted by Gasteiger charge is -2.18. The van der Waals surface area contributed by atoms with Gasteiger partial charge in [0.15, 0.2) is 17.8 Å². The Balaban J connectivity index is 1.86. The van der Waals surface area contributed by atoms with Crippen LogP contribution in [0.25, 0.3) is 16.2 Å². The van der Waals surface area contributed by atoms with E-state index in [2.05, 4.69) is 10.1 Å². The Labute approximate surface area is 130 Å². The maximum Gasteiger partial charge on any atom is 0.213 e. The number of hydrogen-bond donors (Lipinski definition) is 0. The van der Waals surface area contributed by atoms with Gasteiger partial charge in [-0.15, -0.1) is 0 Å². The molecule has 0 radical (unpaired) electrons. The summed E-state index contributed by atoms with van der Waals surface area (Å²) in [4.78, 5) is 16.8. The molecule has 2 aromatic heterocycles. The van der Waals surface area contributed by atoms with E-state index < -0.39 is 0 Å². The highest BCUT2D eigenvalue weighted by Gasteiger charge is 2.19. The van der Waals surface area contributed by atoms with Crippen molar-refractivity contribution in [1.82, 2.24) is 14.6 Å². The van der Waals surface area contributed by atoms with Gasteiger partial charge in [-0.05, 0) is 24.6 Å². The molecular formula is C15H13N3O3S. The van der Waals surface area contributed by atoms with Crippen LogP contribution < -0.4 is 9.47 Å². The van der Waals surface area contributed by atoms with Gasteiger partial charge in [0.2, 0.25) is 4.96 Å². The summed E-state index contributed by atoms with van der Waals surface area (Å²) in [6.07, 6.45) is 1.62. The predicted octanol–water partition coefficient (Wildman–Crippen LogP) is 2.60. The van der Waals surface area contributed by atoms with Crippen LogP contribution in [0.5, 0.6) is 11.5 Å². The summed E-state index contributed by atoms with van der Waals surface area (Å²) in [7, 11) is 0. The minimum atomic E-state index is 0.461. The third-order valence-electron chi connectivity index (χ3n) is 3.51. The van der Waals surface area contributed by atoms with Gasteiger partial charge in [-0.3, -0.25) is 4.79 Å². The molecule has 1 aliphatic rings. The Hall–Kier alpha value is -2.41. The summed E-state index contributed by atoms with van der Waals surface area (Å²) in [6, 6.07) is 5.58. The van der Waals surface area contributed by atoms with Crippen LogP contribution in [-0.2, 0) is 6.42 Å². The van der Waals surface area contributed by atoms with Gasteiger partial charge in [0.25, 0.3) is 0 Å². The molecule has 112 valence electrons. The normalized spacial score (nSPS) is 13.5. The van der Waals surface area contributed by atoms with Crippen LogP contribution in [0.1, 0.15) is 22.4 Å². The second-order valence-electron chi connectivity index (χ2n) is 4.87. The van der Waals surface area contributed by atoms with Gasteiger partial charge in [0.1, 0.15) is 29.6 Å². The number of benzene rings is 1. The minimum Gasteiger partial charge on any atom is -0.486 e. The monoisotopic (exact) mass is 315 g/mol. The van der Waals surface area contributed by atoms with Crippen LogP contribution in [0.2, 0.25) is 0 Å². The number of nitrogens with zero attached hydrogens (tertiary/aromatic N) is 3. The van der Waals surface area contributed by atoms with E-state index in [1.807, 2.05) is 25.1 Å². The number of hydrogen-bond acceptors (Lipinski definition) is 6. The first-order valence-corrected chi connectivity index (χ1v) is 7.85. The Bertz CT molecular complexity index is 868. The Kier molecular flexibility index (Phi) is 3.07. The number of ether oxygens (including phenoxy) is 2. The molecule has 3 heterocycles. The smallest absolute Gasteiger partial charge is 0.213 e. The SMILES string of the molecule is CCc1nn2c(C=O)c(-c3ccc4c(c3)OCCO4)nc2s1. The highest BCUT2D eigenvalue weighted by atomic mass is 32.1. The van der Waals surface area contributed by atoms with Gasteiger partial charge in [0.05, 0.1) is 0 Å². The zero-order chi connectivity index (χ0) is 15.1. The van der Waals surface area contributed by atoms with Gasteiger partial charge < -0.3 is 9.47 Å². The number of fused-ring (bicyclic) bond motifs is 2. The van der Waals surface area contributed by atoms with E-state index in [9.17, 15) is 4.79 Å². The van der Waals surface area contributed by atoms with Gasteiger partial charge in [-0.1, -0.05) is 18.3 Å². The summed E-state index contributed by atoms with van der Waals surface area (Å²) in [6.45, 7) is 3.10. The van der Waals surface area contributed by atoms with Crippen LogP contribution in [0, 0.1) is 0 Å². The van der Waals surface area contributed by atoms with E-state index in [4.69, 9.17) is 9.47 Å². The van der Waals surface area contributed by atoms with Crippen molar-refractivity contribution in [2.24, 2.45) is 0 Å². The van der Waals surface area contributed by atoms with E-state index in [1.54, 1.807) is 4.52 Å². The second kappa shape index (κ2) is 5.10. The largest absolute Gasteiger partial charge is 0.486 e. The summed E-state index contributed by atoms with van der Waals surface area (Å²) >= 11 is 1.50. The highest BCUT2D eigenvalue weighted by Crippen LogP contribution is 2.35. The molecule has 1 aliphatic heterocycles. The zero-order valence-corrected chi connectivity index (χ0v) is 12.7. The van der Waals surface area contributed by atoms with E-state index in [-0.39, 0.29) is 0 Å². The maximum atomic E-state index is 11.5. The quantitative estimate of drug-likeness (QED) is 0.695. The zero-order valence-electron chi connectivity index (χ0n) is 11.9. The molecule has 7 heteroatoms. The molecule has 4 rings (SSSR count). The number of aryl methyl sites for hydroxylation is 1. The molecule has 0 saturated heterocycles. The third kappa shape index (κ3) is 1.97. The molecule has 0 spiro atoms. The van der Waals surface area contributed by atoms with Crippen molar-refractivity contribution in [3.63, 3.8) is 0 Å². The Morgan fingerprint density at radius 2 is 2.14 bits per heavy atom. The number of imidazole rings is 1.